The molecule has 1 unspecified atom stereocenters. The van der Waals surface area contributed by atoms with Crippen LogP contribution in [0.4, 0.5) is 0 Å². The predicted octanol–water partition coefficient (Wildman–Crippen LogP) is 2.06. The third kappa shape index (κ3) is 4.07. The molecule has 0 heterocycles. The Bertz CT molecular complexity index is 121. The van der Waals surface area contributed by atoms with Gasteiger partial charge in [-0.15, -0.1) is 0 Å². The number of nitrogens with zero attached hydrogens (tertiary/aromatic N) is 1. The Morgan fingerprint density at radius 2 is 1.83 bits per heavy atom. The fraction of sp³-hybridized carbons (Fsp3) is 1.00. The van der Waals surface area contributed by atoms with E-state index in [1.165, 1.54) is 0 Å². The van der Waals surface area contributed by atoms with Crippen LogP contribution in [0.2, 0.25) is 0 Å². The van der Waals surface area contributed by atoms with Crippen LogP contribution in [0.3, 0.4) is 0 Å². The second kappa shape index (κ2) is 4.83. The third-order valence-electron chi connectivity index (χ3n) is 2.64. The van der Waals surface area contributed by atoms with Crippen molar-refractivity contribution < 1.29 is 0 Å². The van der Waals surface area contributed by atoms with E-state index in [4.69, 9.17) is 0 Å². The second-order valence-electron chi connectivity index (χ2n) is 4.13. The second-order valence-corrected chi connectivity index (χ2v) is 4.13. The van der Waals surface area contributed by atoms with Gasteiger partial charge in [-0.25, -0.2) is 0 Å². The van der Waals surface area contributed by atoms with Crippen LogP contribution >= 0.6 is 0 Å². The highest BCUT2D eigenvalue weighted by Crippen LogP contribution is 2.08. The maximum absolute atomic E-state index is 3.58. The van der Waals surface area contributed by atoms with Crippen LogP contribution in [0.5, 0.6) is 0 Å². The molecule has 74 valence electrons. The lowest BCUT2D eigenvalue weighted by atomic mass is 10.0. The van der Waals surface area contributed by atoms with Crippen molar-refractivity contribution in [1.29, 1.82) is 0 Å². The number of hydrogen-bond acceptors (Lipinski definition) is 2. The van der Waals surface area contributed by atoms with Crippen molar-refractivity contribution in [2.75, 3.05) is 13.6 Å². The van der Waals surface area contributed by atoms with Crippen LogP contribution in [-0.2, 0) is 0 Å². The van der Waals surface area contributed by atoms with Crippen LogP contribution in [0.1, 0.15) is 41.0 Å². The van der Waals surface area contributed by atoms with Crippen molar-refractivity contribution in [1.82, 2.24) is 10.2 Å². The van der Waals surface area contributed by atoms with Crippen molar-refractivity contribution in [2.45, 2.75) is 52.7 Å². The summed E-state index contributed by atoms with van der Waals surface area (Å²) < 4.78 is 0. The summed E-state index contributed by atoms with van der Waals surface area (Å²) in [5.74, 6) is 0. The van der Waals surface area contributed by atoms with Crippen molar-refractivity contribution in [2.24, 2.45) is 0 Å². The molecule has 0 aromatic rings. The summed E-state index contributed by atoms with van der Waals surface area (Å²) in [6.45, 7) is 12.2. The Morgan fingerprint density at radius 1 is 1.33 bits per heavy atom. The van der Waals surface area contributed by atoms with Gasteiger partial charge < -0.3 is 0 Å². The lowest BCUT2D eigenvalue weighted by Crippen LogP contribution is -2.51. The molecule has 0 bridgehead atoms. The van der Waals surface area contributed by atoms with Crippen molar-refractivity contribution >= 4 is 0 Å². The predicted molar refractivity (Wildman–Crippen MR) is 55.3 cm³/mol. The SMILES string of the molecule is CCN(C)C(C)NC(C)(C)CC. The van der Waals surface area contributed by atoms with Crippen LogP contribution < -0.4 is 5.32 Å². The first-order valence-corrected chi connectivity index (χ1v) is 4.91. The van der Waals surface area contributed by atoms with Crippen LogP contribution in [-0.4, -0.2) is 30.2 Å². The van der Waals surface area contributed by atoms with Gasteiger partial charge in [0, 0.05) is 5.54 Å². The minimum atomic E-state index is 0.253. The largest absolute Gasteiger partial charge is 0.297 e. The molecule has 0 aromatic heterocycles. The Balaban J connectivity index is 3.90. The molecule has 1 atom stereocenters. The lowest BCUT2D eigenvalue weighted by Gasteiger charge is -2.33. The molecule has 0 radical (unpaired) electrons. The maximum atomic E-state index is 3.58. The van der Waals surface area contributed by atoms with E-state index in [2.05, 4.69) is 51.9 Å². The first-order valence-electron chi connectivity index (χ1n) is 4.91. The van der Waals surface area contributed by atoms with Gasteiger partial charge in [0.1, 0.15) is 0 Å². The van der Waals surface area contributed by atoms with Crippen molar-refractivity contribution in [3.05, 3.63) is 0 Å². The monoisotopic (exact) mass is 172 g/mol. The van der Waals surface area contributed by atoms with Gasteiger partial charge in [-0.05, 0) is 40.8 Å². The number of nitrogens with one attached hydrogen (secondary N) is 1. The molecule has 0 aliphatic heterocycles. The minimum Gasteiger partial charge on any atom is -0.297 e. The molecule has 0 aliphatic carbocycles. The molecule has 2 heteroatoms. The van der Waals surface area contributed by atoms with E-state index in [-0.39, 0.29) is 5.54 Å². The lowest BCUT2D eigenvalue weighted by molar-refractivity contribution is 0.180. The molecule has 1 N–H and O–H groups in total. The summed E-state index contributed by atoms with van der Waals surface area (Å²) in [5, 5.41) is 3.58. The zero-order valence-corrected chi connectivity index (χ0v) is 9.44. The van der Waals surface area contributed by atoms with Gasteiger partial charge in [-0.2, -0.15) is 0 Å². The molecule has 0 saturated heterocycles. The summed E-state index contributed by atoms with van der Waals surface area (Å²) >= 11 is 0. The average Bonchev–Trinajstić information content (AvgIpc) is 2.02. The fourth-order valence-corrected chi connectivity index (χ4v) is 1.05. The molecule has 12 heavy (non-hydrogen) atoms. The van der Waals surface area contributed by atoms with E-state index in [1.54, 1.807) is 0 Å². The summed E-state index contributed by atoms with van der Waals surface area (Å²) in [6.07, 6.45) is 1.62. The average molecular weight is 172 g/mol. The highest BCUT2D eigenvalue weighted by molar-refractivity contribution is 4.78. The first-order chi connectivity index (χ1) is 5.43. The normalized spacial score (nSPS) is 15.2. The van der Waals surface area contributed by atoms with E-state index in [9.17, 15) is 0 Å². The maximum Gasteiger partial charge on any atom is 0.0569 e. The van der Waals surface area contributed by atoms with Crippen LogP contribution in [0.25, 0.3) is 0 Å². The highest BCUT2D eigenvalue weighted by Gasteiger charge is 2.18. The number of hydrogen-bond donors (Lipinski definition) is 1. The third-order valence-corrected chi connectivity index (χ3v) is 2.64. The Morgan fingerprint density at radius 3 is 2.17 bits per heavy atom. The summed E-state index contributed by atoms with van der Waals surface area (Å²) in [6, 6.07) is 0. The van der Waals surface area contributed by atoms with Gasteiger partial charge in [0.05, 0.1) is 6.17 Å². The molecule has 0 aliphatic rings. The molecular formula is C10H24N2. The standard InChI is InChI=1S/C10H24N2/c1-7-10(4,5)11-9(3)12(6)8-2/h9,11H,7-8H2,1-6H3. The van der Waals surface area contributed by atoms with E-state index >= 15 is 0 Å². The van der Waals surface area contributed by atoms with Gasteiger partial charge in [-0.1, -0.05) is 13.8 Å². The van der Waals surface area contributed by atoms with Gasteiger partial charge in [0.25, 0.3) is 0 Å². The number of rotatable bonds is 5. The van der Waals surface area contributed by atoms with E-state index in [0.717, 1.165) is 13.0 Å². The quantitative estimate of drug-likeness (QED) is 0.639. The Hall–Kier alpha value is -0.0800. The van der Waals surface area contributed by atoms with Gasteiger partial charge in [0.2, 0.25) is 0 Å². The fourth-order valence-electron chi connectivity index (χ4n) is 1.05. The summed E-state index contributed by atoms with van der Waals surface area (Å²) in [4.78, 5) is 2.30. The first kappa shape index (κ1) is 11.9. The molecule has 0 amide bonds. The van der Waals surface area contributed by atoms with Gasteiger partial charge in [0.15, 0.2) is 0 Å². The van der Waals surface area contributed by atoms with E-state index in [1.807, 2.05) is 0 Å². The van der Waals surface area contributed by atoms with E-state index < -0.39 is 0 Å². The summed E-state index contributed by atoms with van der Waals surface area (Å²) in [7, 11) is 2.14. The Kier molecular flexibility index (Phi) is 4.80. The zero-order valence-electron chi connectivity index (χ0n) is 9.44. The summed E-state index contributed by atoms with van der Waals surface area (Å²) in [5.41, 5.74) is 0.253. The van der Waals surface area contributed by atoms with Gasteiger partial charge >= 0.3 is 0 Å². The molecular weight excluding hydrogens is 148 g/mol. The minimum absolute atomic E-state index is 0.253. The van der Waals surface area contributed by atoms with Crippen LogP contribution in [0, 0.1) is 0 Å². The topological polar surface area (TPSA) is 15.3 Å². The highest BCUT2D eigenvalue weighted by atomic mass is 15.3. The molecule has 0 aromatic carbocycles. The van der Waals surface area contributed by atoms with Gasteiger partial charge in [-0.3, -0.25) is 10.2 Å². The van der Waals surface area contributed by atoms with E-state index in [0.29, 0.717) is 6.17 Å². The molecule has 0 saturated carbocycles. The molecule has 2 nitrogen and oxygen atoms in total. The molecule has 0 fully saturated rings. The Labute approximate surface area is 77.3 Å². The zero-order chi connectivity index (χ0) is 9.78. The molecule has 0 rings (SSSR count). The van der Waals surface area contributed by atoms with Crippen LogP contribution in [0.15, 0.2) is 0 Å². The van der Waals surface area contributed by atoms with Crippen molar-refractivity contribution in [3.8, 4) is 0 Å². The van der Waals surface area contributed by atoms with Crippen molar-refractivity contribution in [3.63, 3.8) is 0 Å². The molecule has 0 spiro atoms. The smallest absolute Gasteiger partial charge is 0.0569 e.